The Kier molecular flexibility index (Phi) is 6.79. The predicted molar refractivity (Wildman–Crippen MR) is 129 cm³/mol. The van der Waals surface area contributed by atoms with Crippen molar-refractivity contribution < 1.29 is 0 Å². The van der Waals surface area contributed by atoms with E-state index in [4.69, 9.17) is 34.8 Å². The van der Waals surface area contributed by atoms with Crippen LogP contribution in [0.4, 0.5) is 0 Å². The zero-order chi connectivity index (χ0) is 21.3. The highest BCUT2D eigenvalue weighted by atomic mass is 35.5. The Morgan fingerprint density at radius 2 is 1.73 bits per heavy atom. The Morgan fingerprint density at radius 3 is 2.47 bits per heavy atom. The lowest BCUT2D eigenvalue weighted by molar-refractivity contribution is 0.185. The van der Waals surface area contributed by atoms with Crippen LogP contribution >= 0.6 is 34.8 Å². The van der Waals surface area contributed by atoms with Crippen LogP contribution in [0.5, 0.6) is 0 Å². The van der Waals surface area contributed by atoms with Crippen LogP contribution in [0.3, 0.4) is 0 Å². The van der Waals surface area contributed by atoms with Gasteiger partial charge >= 0.3 is 0 Å². The van der Waals surface area contributed by atoms with Crippen LogP contribution in [0.2, 0.25) is 15.1 Å². The summed E-state index contributed by atoms with van der Waals surface area (Å²) >= 11 is 19.4. The molecule has 158 valence electrons. The van der Waals surface area contributed by atoms with Gasteiger partial charge in [0, 0.05) is 41.1 Å². The van der Waals surface area contributed by atoms with E-state index in [1.54, 1.807) is 0 Å². The van der Waals surface area contributed by atoms with E-state index in [9.17, 15) is 0 Å². The van der Waals surface area contributed by atoms with Crippen molar-refractivity contribution in [2.45, 2.75) is 45.6 Å². The van der Waals surface area contributed by atoms with Gasteiger partial charge in [0.15, 0.2) is 0 Å². The smallest absolute Gasteiger partial charge is 0.0514 e. The largest absolute Gasteiger partial charge is 0.358 e. The van der Waals surface area contributed by atoms with Gasteiger partial charge in [0.05, 0.1) is 10.0 Å². The first-order valence-corrected chi connectivity index (χ1v) is 11.7. The van der Waals surface area contributed by atoms with Gasteiger partial charge in [-0.2, -0.15) is 0 Å². The minimum atomic E-state index is 0.514. The fourth-order valence-electron chi connectivity index (χ4n) is 4.57. The number of allylic oxidation sites excluding steroid dienone is 1. The molecule has 0 spiro atoms. The Morgan fingerprint density at radius 1 is 1.03 bits per heavy atom. The van der Waals surface area contributed by atoms with Crippen LogP contribution < -0.4 is 5.32 Å². The van der Waals surface area contributed by atoms with Gasteiger partial charge in [-0.15, -0.1) is 0 Å². The van der Waals surface area contributed by atoms with Crippen LogP contribution in [0.1, 0.15) is 43.4 Å². The van der Waals surface area contributed by atoms with Crippen molar-refractivity contribution in [3.05, 3.63) is 85.5 Å². The number of aryl methyl sites for hydroxylation is 1. The summed E-state index contributed by atoms with van der Waals surface area (Å²) in [5, 5.41) is 5.88. The third kappa shape index (κ3) is 4.43. The number of nitrogens with one attached hydrogen (secondary N) is 1. The number of hydrogen-bond donors (Lipinski definition) is 1. The summed E-state index contributed by atoms with van der Waals surface area (Å²) in [6.45, 7) is 6.21. The Hall–Kier alpha value is -1.45. The van der Waals surface area contributed by atoms with E-state index in [-0.39, 0.29) is 0 Å². The minimum absolute atomic E-state index is 0.514. The average Bonchev–Trinajstić information content (AvgIpc) is 2.74. The summed E-state index contributed by atoms with van der Waals surface area (Å²) in [6, 6.07) is 12.4. The molecule has 1 heterocycles. The fraction of sp³-hybridized carbons (Fsp3) is 0.360. The third-order valence-electron chi connectivity index (χ3n) is 6.38. The van der Waals surface area contributed by atoms with Gasteiger partial charge < -0.3 is 5.32 Å². The Labute approximate surface area is 194 Å². The third-order valence-corrected chi connectivity index (χ3v) is 7.36. The van der Waals surface area contributed by atoms with Crippen molar-refractivity contribution in [1.82, 2.24) is 10.2 Å². The lowest BCUT2D eigenvalue weighted by Gasteiger charge is -2.39. The molecule has 2 nitrogen and oxygen atoms in total. The standard InChI is InChI=1S/C25H27Cl3N2/c1-3-23(25-21(27)8-5-9-22(25)28)29-24-15-30(13-12-16(24)2)18-11-10-17-6-4-7-20(26)19(17)14-18/h3-9,18,29H,10-15H2,1-2H3/b23-3-. The van der Waals surface area contributed by atoms with E-state index in [0.29, 0.717) is 16.1 Å². The molecule has 4 rings (SSSR count). The molecule has 0 saturated heterocycles. The van der Waals surface area contributed by atoms with E-state index in [1.807, 2.05) is 37.3 Å². The molecule has 1 aliphatic heterocycles. The summed E-state index contributed by atoms with van der Waals surface area (Å²) in [7, 11) is 0. The number of hydrogen-bond acceptors (Lipinski definition) is 2. The summed E-state index contributed by atoms with van der Waals surface area (Å²) in [5.41, 5.74) is 7.19. The molecule has 0 amide bonds. The van der Waals surface area contributed by atoms with Gasteiger partial charge in [-0.1, -0.05) is 64.7 Å². The number of benzene rings is 2. The highest BCUT2D eigenvalue weighted by Crippen LogP contribution is 2.33. The number of rotatable bonds is 4. The van der Waals surface area contributed by atoms with Crippen molar-refractivity contribution in [3.8, 4) is 0 Å². The Balaban J connectivity index is 1.52. The van der Waals surface area contributed by atoms with Gasteiger partial charge in [-0.3, -0.25) is 4.90 Å². The number of fused-ring (bicyclic) bond motifs is 1. The molecule has 1 atom stereocenters. The maximum absolute atomic E-state index is 6.51. The van der Waals surface area contributed by atoms with E-state index in [2.05, 4.69) is 29.3 Å². The van der Waals surface area contributed by atoms with Crippen LogP contribution in [-0.2, 0) is 12.8 Å². The Bertz CT molecular complexity index is 989. The molecule has 1 N–H and O–H groups in total. The zero-order valence-electron chi connectivity index (χ0n) is 17.4. The molecule has 0 bridgehead atoms. The molecular formula is C25H27Cl3N2. The molecule has 0 aromatic heterocycles. The average molecular weight is 462 g/mol. The van der Waals surface area contributed by atoms with Crippen LogP contribution in [0.25, 0.3) is 5.70 Å². The van der Waals surface area contributed by atoms with Crippen molar-refractivity contribution in [3.63, 3.8) is 0 Å². The highest BCUT2D eigenvalue weighted by Gasteiger charge is 2.28. The molecule has 1 unspecified atom stereocenters. The van der Waals surface area contributed by atoms with Crippen molar-refractivity contribution >= 4 is 40.5 Å². The lowest BCUT2D eigenvalue weighted by Crippen LogP contribution is -2.45. The highest BCUT2D eigenvalue weighted by molar-refractivity contribution is 6.37. The summed E-state index contributed by atoms with van der Waals surface area (Å²) in [5.74, 6) is 0. The molecule has 0 radical (unpaired) electrons. The predicted octanol–water partition coefficient (Wildman–Crippen LogP) is 7.13. The van der Waals surface area contributed by atoms with Gasteiger partial charge in [-0.05, 0) is 68.9 Å². The molecular weight excluding hydrogens is 435 g/mol. The molecule has 2 aromatic carbocycles. The second kappa shape index (κ2) is 9.36. The first-order valence-electron chi connectivity index (χ1n) is 10.5. The minimum Gasteiger partial charge on any atom is -0.358 e. The lowest BCUT2D eigenvalue weighted by atomic mass is 9.86. The van der Waals surface area contributed by atoms with Crippen molar-refractivity contribution in [1.29, 1.82) is 0 Å². The summed E-state index contributed by atoms with van der Waals surface area (Å²) in [6.07, 6.45) is 6.39. The van der Waals surface area contributed by atoms with Crippen LogP contribution in [0, 0.1) is 0 Å². The molecule has 2 aromatic rings. The summed E-state index contributed by atoms with van der Waals surface area (Å²) < 4.78 is 0. The van der Waals surface area contributed by atoms with Crippen molar-refractivity contribution in [2.24, 2.45) is 0 Å². The molecule has 0 saturated carbocycles. The van der Waals surface area contributed by atoms with E-state index >= 15 is 0 Å². The van der Waals surface area contributed by atoms with Crippen LogP contribution in [-0.4, -0.2) is 24.0 Å². The molecule has 0 fully saturated rings. The van der Waals surface area contributed by atoms with E-state index < -0.39 is 0 Å². The van der Waals surface area contributed by atoms with Gasteiger partial charge in [0.1, 0.15) is 0 Å². The normalized spacial score (nSPS) is 20.3. The SMILES string of the molecule is C/C=C(\NC1=C(C)CCN(C2CCc3cccc(Cl)c3C2)C1)c1c(Cl)cccc1Cl. The maximum atomic E-state index is 6.51. The number of nitrogens with zero attached hydrogens (tertiary/aromatic N) is 1. The molecule has 30 heavy (non-hydrogen) atoms. The molecule has 2 aliphatic rings. The summed E-state index contributed by atoms with van der Waals surface area (Å²) in [4.78, 5) is 2.60. The van der Waals surface area contributed by atoms with Gasteiger partial charge in [-0.25, -0.2) is 0 Å². The zero-order valence-corrected chi connectivity index (χ0v) is 19.7. The van der Waals surface area contributed by atoms with Gasteiger partial charge in [0.2, 0.25) is 0 Å². The fourth-order valence-corrected chi connectivity index (χ4v) is 5.44. The van der Waals surface area contributed by atoms with E-state index in [0.717, 1.165) is 48.6 Å². The molecule has 5 heteroatoms. The quantitative estimate of drug-likeness (QED) is 0.521. The first-order chi connectivity index (χ1) is 14.5. The molecule has 1 aliphatic carbocycles. The maximum Gasteiger partial charge on any atom is 0.0514 e. The monoisotopic (exact) mass is 460 g/mol. The topological polar surface area (TPSA) is 15.3 Å². The van der Waals surface area contributed by atoms with Crippen molar-refractivity contribution in [2.75, 3.05) is 13.1 Å². The second-order valence-corrected chi connectivity index (χ2v) is 9.40. The van der Waals surface area contributed by atoms with Crippen LogP contribution in [0.15, 0.2) is 53.7 Å². The number of halogens is 3. The second-order valence-electron chi connectivity index (χ2n) is 8.18. The van der Waals surface area contributed by atoms with Gasteiger partial charge in [0.25, 0.3) is 0 Å². The van der Waals surface area contributed by atoms with E-state index in [1.165, 1.54) is 28.8 Å². The first kappa shape index (κ1) is 21.8.